The quantitative estimate of drug-likeness (QED) is 0.803. The first-order valence-electron chi connectivity index (χ1n) is 7.18. The molecule has 0 aromatic heterocycles. The maximum absolute atomic E-state index is 8.76. The molecule has 0 unspecified atom stereocenters. The van der Waals surface area contributed by atoms with E-state index in [1.165, 1.54) is 33.4 Å². The van der Waals surface area contributed by atoms with Crippen molar-refractivity contribution in [3.8, 4) is 0 Å². The first-order chi connectivity index (χ1) is 9.31. The van der Waals surface area contributed by atoms with Gasteiger partial charge in [-0.3, -0.25) is 0 Å². The fourth-order valence-electron chi connectivity index (χ4n) is 3.44. The summed E-state index contributed by atoms with van der Waals surface area (Å²) in [6.07, 6.45) is 0. The molecule has 0 aliphatic heterocycles. The zero-order valence-corrected chi connectivity index (χ0v) is 13.4. The van der Waals surface area contributed by atoms with E-state index >= 15 is 0 Å². The van der Waals surface area contributed by atoms with Crippen LogP contribution in [0, 0.1) is 46.9 Å². The molecule has 0 amide bonds. The molecule has 2 rings (SSSR count). The normalized spacial score (nSPS) is 10.7. The van der Waals surface area contributed by atoms with Crippen LogP contribution in [-0.2, 0) is 0 Å². The SMILES string of the molecule is Cc1cc(C)c([B-](=N)c2c(C)cc(C)cc2C)c(C)c1. The van der Waals surface area contributed by atoms with Gasteiger partial charge >= 0.3 is 0 Å². The Morgan fingerprint density at radius 3 is 1.10 bits per heavy atom. The van der Waals surface area contributed by atoms with Crippen molar-refractivity contribution in [1.82, 2.24) is 0 Å². The van der Waals surface area contributed by atoms with Gasteiger partial charge in [0.1, 0.15) is 0 Å². The number of aryl methyl sites for hydroxylation is 6. The lowest BCUT2D eigenvalue weighted by Gasteiger charge is -2.26. The summed E-state index contributed by atoms with van der Waals surface area (Å²) in [5.74, 6) is 0. The largest absolute Gasteiger partial charge is 0.557 e. The number of hydrogen-bond donors (Lipinski definition) is 1. The molecule has 1 nitrogen and oxygen atoms in total. The molecule has 0 atom stereocenters. The van der Waals surface area contributed by atoms with E-state index in [-0.39, 0.29) is 6.51 Å². The van der Waals surface area contributed by atoms with Crippen molar-refractivity contribution in [2.45, 2.75) is 41.5 Å². The van der Waals surface area contributed by atoms with E-state index in [2.05, 4.69) is 65.8 Å². The maximum atomic E-state index is 8.76. The monoisotopic (exact) mass is 264 g/mol. The molecule has 0 fully saturated rings. The lowest BCUT2D eigenvalue weighted by molar-refractivity contribution is 1.33. The molecular weight excluding hydrogens is 241 g/mol. The molecule has 0 spiro atoms. The fourth-order valence-corrected chi connectivity index (χ4v) is 3.44. The van der Waals surface area contributed by atoms with Gasteiger partial charge in [-0.25, -0.2) is 0 Å². The highest BCUT2D eigenvalue weighted by Crippen LogP contribution is 2.10. The third kappa shape index (κ3) is 2.60. The topological polar surface area (TPSA) is 23.9 Å². The Morgan fingerprint density at radius 2 is 0.850 bits per heavy atom. The summed E-state index contributed by atoms with van der Waals surface area (Å²) >= 11 is 0. The summed E-state index contributed by atoms with van der Waals surface area (Å²) in [7, 11) is 0. The molecule has 0 aliphatic carbocycles. The van der Waals surface area contributed by atoms with E-state index in [9.17, 15) is 0 Å². The molecule has 0 heterocycles. The van der Waals surface area contributed by atoms with Crippen LogP contribution in [0.5, 0.6) is 0 Å². The van der Waals surface area contributed by atoms with Gasteiger partial charge in [-0.05, 0) is 41.5 Å². The number of hydrogen-bond acceptors (Lipinski definition) is 1. The maximum Gasteiger partial charge on any atom is 0.00539 e. The second kappa shape index (κ2) is 5.36. The lowest BCUT2D eigenvalue weighted by Crippen LogP contribution is -2.39. The van der Waals surface area contributed by atoms with Crippen LogP contribution < -0.4 is 10.9 Å². The molecule has 0 saturated carbocycles. The Morgan fingerprint density at radius 1 is 0.600 bits per heavy atom. The van der Waals surface area contributed by atoms with Gasteiger partial charge in [0, 0.05) is 6.51 Å². The van der Waals surface area contributed by atoms with Crippen LogP contribution in [-0.4, -0.2) is 6.51 Å². The van der Waals surface area contributed by atoms with Gasteiger partial charge < -0.3 is 5.31 Å². The highest BCUT2D eigenvalue weighted by molar-refractivity contribution is 6.75. The molecule has 0 aliphatic rings. The zero-order chi connectivity index (χ0) is 15.0. The third-order valence-corrected chi connectivity index (χ3v) is 4.05. The van der Waals surface area contributed by atoms with E-state index in [0.29, 0.717) is 0 Å². The summed E-state index contributed by atoms with van der Waals surface area (Å²) < 4.78 is 0. The zero-order valence-electron chi connectivity index (χ0n) is 13.4. The van der Waals surface area contributed by atoms with Crippen molar-refractivity contribution in [2.75, 3.05) is 0 Å². The third-order valence-electron chi connectivity index (χ3n) is 4.05. The van der Waals surface area contributed by atoms with Crippen LogP contribution in [0.4, 0.5) is 0 Å². The Bertz CT molecular complexity index is 593. The number of rotatable bonds is 2. The standard InChI is InChI=1S/C18H23BN/c1-11-7-13(3)17(14(4)8-11)19(20)18-15(5)9-12(2)10-16(18)6/h7-10,20H,1-6H3/q-1. The van der Waals surface area contributed by atoms with Crippen LogP contribution in [0.1, 0.15) is 33.4 Å². The van der Waals surface area contributed by atoms with Crippen LogP contribution in [0.15, 0.2) is 24.3 Å². The summed E-state index contributed by atoms with van der Waals surface area (Å²) in [5, 5.41) is 8.76. The molecule has 0 saturated heterocycles. The van der Waals surface area contributed by atoms with Gasteiger partial charge in [0.25, 0.3) is 0 Å². The Hall–Kier alpha value is -1.70. The molecule has 2 aromatic carbocycles. The summed E-state index contributed by atoms with van der Waals surface area (Å²) in [6.45, 7) is 12.4. The van der Waals surface area contributed by atoms with Crippen molar-refractivity contribution in [2.24, 2.45) is 0 Å². The van der Waals surface area contributed by atoms with Crippen LogP contribution in [0.25, 0.3) is 0 Å². The molecule has 104 valence electrons. The Balaban J connectivity index is 2.64. The van der Waals surface area contributed by atoms with Crippen molar-refractivity contribution >= 4 is 17.4 Å². The van der Waals surface area contributed by atoms with E-state index < -0.39 is 0 Å². The van der Waals surface area contributed by atoms with E-state index in [1.54, 1.807) is 0 Å². The van der Waals surface area contributed by atoms with Crippen LogP contribution in [0.2, 0.25) is 0 Å². The molecule has 2 aromatic rings. The Kier molecular flexibility index (Phi) is 3.94. The highest BCUT2D eigenvalue weighted by atomic mass is 14.3. The second-order valence-electron chi connectivity index (χ2n) is 6.06. The minimum absolute atomic E-state index is 0.295. The Labute approximate surface area is 122 Å². The molecule has 0 bridgehead atoms. The van der Waals surface area contributed by atoms with Gasteiger partial charge in [-0.15, -0.1) is 0 Å². The van der Waals surface area contributed by atoms with Gasteiger partial charge in [0.05, 0.1) is 0 Å². The first kappa shape index (κ1) is 14.7. The lowest BCUT2D eigenvalue weighted by atomic mass is 9.53. The predicted octanol–water partition coefficient (Wildman–Crippen LogP) is 3.49. The fraction of sp³-hybridized carbons (Fsp3) is 0.333. The number of nitrogens with one attached hydrogen (secondary N) is 1. The summed E-state index contributed by atoms with van der Waals surface area (Å²) in [4.78, 5) is 0. The predicted molar refractivity (Wildman–Crippen MR) is 89.0 cm³/mol. The highest BCUT2D eigenvalue weighted by Gasteiger charge is 2.06. The van der Waals surface area contributed by atoms with Gasteiger partial charge in [-0.1, -0.05) is 57.6 Å². The molecule has 2 heteroatoms. The van der Waals surface area contributed by atoms with E-state index in [1.807, 2.05) is 0 Å². The van der Waals surface area contributed by atoms with Crippen LogP contribution in [0.3, 0.4) is 0 Å². The smallest absolute Gasteiger partial charge is 0.00539 e. The van der Waals surface area contributed by atoms with Crippen molar-refractivity contribution in [1.29, 1.82) is 5.31 Å². The average molecular weight is 264 g/mol. The van der Waals surface area contributed by atoms with Gasteiger partial charge in [-0.2, -0.15) is 10.9 Å². The summed E-state index contributed by atoms with van der Waals surface area (Å²) in [5.41, 5.74) is 9.76. The minimum Gasteiger partial charge on any atom is -0.557 e. The second-order valence-corrected chi connectivity index (χ2v) is 6.06. The van der Waals surface area contributed by atoms with Gasteiger partial charge in [0.15, 0.2) is 0 Å². The minimum atomic E-state index is -0.295. The number of benzene rings is 2. The molecule has 20 heavy (non-hydrogen) atoms. The summed E-state index contributed by atoms with van der Waals surface area (Å²) in [6, 6.07) is 8.73. The average Bonchev–Trinajstić information content (AvgIpc) is 2.25. The van der Waals surface area contributed by atoms with Crippen molar-refractivity contribution in [3.63, 3.8) is 0 Å². The van der Waals surface area contributed by atoms with E-state index in [0.717, 1.165) is 10.9 Å². The molecular formula is C18H23BN-. The van der Waals surface area contributed by atoms with Gasteiger partial charge in [0.2, 0.25) is 0 Å². The van der Waals surface area contributed by atoms with Crippen molar-refractivity contribution < 1.29 is 0 Å². The molecule has 0 radical (unpaired) electrons. The van der Waals surface area contributed by atoms with E-state index in [4.69, 9.17) is 5.31 Å². The first-order valence-corrected chi connectivity index (χ1v) is 7.18. The molecule has 1 N–H and O–H groups in total. The van der Waals surface area contributed by atoms with Crippen LogP contribution >= 0.6 is 0 Å². The van der Waals surface area contributed by atoms with Crippen molar-refractivity contribution in [3.05, 3.63) is 57.6 Å².